The molecule has 0 atom stereocenters. The first-order valence-corrected chi connectivity index (χ1v) is 9.37. The Hall–Kier alpha value is -3.39. The molecule has 29 heavy (non-hydrogen) atoms. The predicted molar refractivity (Wildman–Crippen MR) is 109 cm³/mol. The van der Waals surface area contributed by atoms with Crippen molar-refractivity contribution in [2.24, 2.45) is 0 Å². The lowest BCUT2D eigenvalue weighted by Gasteiger charge is -2.32. The van der Waals surface area contributed by atoms with Gasteiger partial charge in [-0.15, -0.1) is 0 Å². The van der Waals surface area contributed by atoms with Crippen LogP contribution in [0.3, 0.4) is 0 Å². The van der Waals surface area contributed by atoms with Gasteiger partial charge in [-0.25, -0.2) is 10.5 Å². The Labute approximate surface area is 169 Å². The molecule has 8 heteroatoms. The van der Waals surface area contributed by atoms with Crippen LogP contribution in [-0.4, -0.2) is 53.1 Å². The fourth-order valence-corrected chi connectivity index (χ4v) is 3.15. The van der Waals surface area contributed by atoms with Crippen molar-refractivity contribution in [2.75, 3.05) is 25.5 Å². The highest BCUT2D eigenvalue weighted by Crippen LogP contribution is 2.19. The molecule has 1 aromatic heterocycles. The highest BCUT2D eigenvalue weighted by atomic mass is 16.5. The number of nitrogens with zero attached hydrogens (tertiary/aromatic N) is 2. The van der Waals surface area contributed by atoms with Crippen LogP contribution >= 0.6 is 0 Å². The molecule has 0 bridgehead atoms. The van der Waals surface area contributed by atoms with Gasteiger partial charge in [0.2, 0.25) is 0 Å². The number of anilines is 1. The summed E-state index contributed by atoms with van der Waals surface area (Å²) in [5.74, 6) is 0.916. The maximum Gasteiger partial charge on any atom is 0.267 e. The van der Waals surface area contributed by atoms with Crippen LogP contribution in [0.2, 0.25) is 0 Å². The second kappa shape index (κ2) is 9.70. The molecule has 3 N–H and O–H groups in total. The number of nitrogens with one attached hydrogen (secondary N) is 2. The standard InChI is InChI=1S/C21H24N4O4/c1-29-18-6-4-16(5-7-18)21(27)25-12-10-17(11-13-25)23-19-8-2-15(14-22-19)3-9-20(26)24-28/h2-9,14,17,28H,10-13H2,1H3,(H,22,23)(H,24,26)/b9-3+. The van der Waals surface area contributed by atoms with E-state index in [9.17, 15) is 9.59 Å². The molecule has 0 saturated carbocycles. The van der Waals surface area contributed by atoms with Gasteiger partial charge in [0.15, 0.2) is 0 Å². The largest absolute Gasteiger partial charge is 0.497 e. The summed E-state index contributed by atoms with van der Waals surface area (Å²) in [6, 6.07) is 11.1. The fraction of sp³-hybridized carbons (Fsp3) is 0.286. The number of piperidine rings is 1. The van der Waals surface area contributed by atoms with E-state index >= 15 is 0 Å². The monoisotopic (exact) mass is 396 g/mol. The normalized spacial score (nSPS) is 14.6. The van der Waals surface area contributed by atoms with Gasteiger partial charge < -0.3 is 15.0 Å². The molecule has 1 saturated heterocycles. The highest BCUT2D eigenvalue weighted by molar-refractivity contribution is 5.94. The van der Waals surface area contributed by atoms with Crippen LogP contribution < -0.4 is 15.5 Å². The van der Waals surface area contributed by atoms with Gasteiger partial charge in [-0.2, -0.15) is 0 Å². The smallest absolute Gasteiger partial charge is 0.267 e. The van der Waals surface area contributed by atoms with E-state index in [-0.39, 0.29) is 11.9 Å². The molecule has 0 radical (unpaired) electrons. The van der Waals surface area contributed by atoms with Crippen LogP contribution in [0.25, 0.3) is 6.08 Å². The van der Waals surface area contributed by atoms with E-state index in [2.05, 4.69) is 10.3 Å². The number of rotatable bonds is 6. The Morgan fingerprint density at radius 1 is 1.17 bits per heavy atom. The second-order valence-corrected chi connectivity index (χ2v) is 6.73. The molecular weight excluding hydrogens is 372 g/mol. The quantitative estimate of drug-likeness (QED) is 0.393. The van der Waals surface area contributed by atoms with Crippen molar-refractivity contribution < 1.29 is 19.5 Å². The molecule has 0 unspecified atom stereocenters. The topological polar surface area (TPSA) is 104 Å². The first-order chi connectivity index (χ1) is 14.1. The van der Waals surface area contributed by atoms with E-state index in [4.69, 9.17) is 9.94 Å². The molecule has 1 aromatic carbocycles. The lowest BCUT2D eigenvalue weighted by molar-refractivity contribution is -0.124. The zero-order valence-corrected chi connectivity index (χ0v) is 16.2. The summed E-state index contributed by atoms with van der Waals surface area (Å²) in [5, 5.41) is 11.9. The van der Waals surface area contributed by atoms with E-state index in [0.717, 1.165) is 30.0 Å². The lowest BCUT2D eigenvalue weighted by Crippen LogP contribution is -2.42. The van der Waals surface area contributed by atoms with Crippen LogP contribution in [0.1, 0.15) is 28.8 Å². The van der Waals surface area contributed by atoms with Crippen LogP contribution in [0.5, 0.6) is 5.75 Å². The molecule has 2 aromatic rings. The van der Waals surface area contributed by atoms with Crippen molar-refractivity contribution in [1.82, 2.24) is 15.4 Å². The molecule has 1 aliphatic rings. The third kappa shape index (κ3) is 5.55. The van der Waals surface area contributed by atoms with Gasteiger partial charge in [0, 0.05) is 37.0 Å². The van der Waals surface area contributed by atoms with Crippen LogP contribution in [0.15, 0.2) is 48.7 Å². The SMILES string of the molecule is COc1ccc(C(=O)N2CCC(Nc3ccc(/C=C/C(=O)NO)cn3)CC2)cc1. The Morgan fingerprint density at radius 2 is 1.90 bits per heavy atom. The molecule has 1 aliphatic heterocycles. The van der Waals surface area contributed by atoms with Gasteiger partial charge >= 0.3 is 0 Å². The minimum Gasteiger partial charge on any atom is -0.497 e. The van der Waals surface area contributed by atoms with Gasteiger partial charge in [-0.3, -0.25) is 14.8 Å². The van der Waals surface area contributed by atoms with Crippen LogP contribution in [0, 0.1) is 0 Å². The summed E-state index contributed by atoms with van der Waals surface area (Å²) >= 11 is 0. The molecule has 2 amide bonds. The fourth-order valence-electron chi connectivity index (χ4n) is 3.15. The number of pyridine rings is 1. The predicted octanol–water partition coefficient (Wildman–Crippen LogP) is 2.33. The second-order valence-electron chi connectivity index (χ2n) is 6.73. The summed E-state index contributed by atoms with van der Waals surface area (Å²) in [5.41, 5.74) is 2.95. The molecule has 1 fully saturated rings. The molecular formula is C21H24N4O4. The van der Waals surface area contributed by atoms with Crippen molar-refractivity contribution in [2.45, 2.75) is 18.9 Å². The van der Waals surface area contributed by atoms with E-state index < -0.39 is 5.91 Å². The van der Waals surface area contributed by atoms with Crippen molar-refractivity contribution in [3.63, 3.8) is 0 Å². The number of hydroxylamine groups is 1. The van der Waals surface area contributed by atoms with Gasteiger partial charge in [0.25, 0.3) is 11.8 Å². The third-order valence-electron chi connectivity index (χ3n) is 4.79. The molecule has 2 heterocycles. The number of carbonyl (C=O) groups is 2. The Kier molecular flexibility index (Phi) is 6.80. The number of aromatic nitrogens is 1. The minimum atomic E-state index is -0.594. The zero-order chi connectivity index (χ0) is 20.6. The van der Waals surface area contributed by atoms with Crippen molar-refractivity contribution in [3.8, 4) is 5.75 Å². The molecule has 3 rings (SSSR count). The third-order valence-corrected chi connectivity index (χ3v) is 4.79. The van der Waals surface area contributed by atoms with Crippen molar-refractivity contribution >= 4 is 23.7 Å². The summed E-state index contributed by atoms with van der Waals surface area (Å²) in [4.78, 5) is 29.8. The number of amides is 2. The Bertz CT molecular complexity index is 857. The van der Waals surface area contributed by atoms with E-state index in [1.165, 1.54) is 11.6 Å². The first kappa shape index (κ1) is 20.3. The highest BCUT2D eigenvalue weighted by Gasteiger charge is 2.23. The number of ether oxygens (including phenoxy) is 1. The summed E-state index contributed by atoms with van der Waals surface area (Å²) in [6.07, 6.45) is 6.10. The minimum absolute atomic E-state index is 0.0345. The van der Waals surface area contributed by atoms with Gasteiger partial charge in [-0.1, -0.05) is 0 Å². The number of methoxy groups -OCH3 is 1. The van der Waals surface area contributed by atoms with E-state index in [0.29, 0.717) is 18.7 Å². The maximum atomic E-state index is 12.6. The summed E-state index contributed by atoms with van der Waals surface area (Å²) < 4.78 is 5.13. The number of hydrogen-bond acceptors (Lipinski definition) is 6. The number of hydrogen-bond donors (Lipinski definition) is 3. The lowest BCUT2D eigenvalue weighted by atomic mass is 10.0. The first-order valence-electron chi connectivity index (χ1n) is 9.37. The maximum absolute atomic E-state index is 12.6. The average molecular weight is 396 g/mol. The van der Waals surface area contributed by atoms with E-state index in [1.54, 1.807) is 43.6 Å². The molecule has 8 nitrogen and oxygen atoms in total. The molecule has 0 aliphatic carbocycles. The number of likely N-dealkylation sites (tertiary alicyclic amines) is 1. The zero-order valence-electron chi connectivity index (χ0n) is 16.2. The van der Waals surface area contributed by atoms with Crippen molar-refractivity contribution in [1.29, 1.82) is 0 Å². The van der Waals surface area contributed by atoms with Gasteiger partial charge in [0.05, 0.1) is 7.11 Å². The van der Waals surface area contributed by atoms with E-state index in [1.807, 2.05) is 17.0 Å². The van der Waals surface area contributed by atoms with Crippen LogP contribution in [-0.2, 0) is 4.79 Å². The molecule has 152 valence electrons. The van der Waals surface area contributed by atoms with Crippen LogP contribution in [0.4, 0.5) is 5.82 Å². The van der Waals surface area contributed by atoms with Gasteiger partial charge in [0.1, 0.15) is 11.6 Å². The number of carbonyl (C=O) groups excluding carboxylic acids is 2. The summed E-state index contributed by atoms with van der Waals surface area (Å²) in [7, 11) is 1.60. The summed E-state index contributed by atoms with van der Waals surface area (Å²) in [6.45, 7) is 1.36. The molecule has 0 spiro atoms. The van der Waals surface area contributed by atoms with Gasteiger partial charge in [-0.05, 0) is 60.9 Å². The number of benzene rings is 1. The Balaban J connectivity index is 1.49. The Morgan fingerprint density at radius 3 is 2.48 bits per heavy atom. The van der Waals surface area contributed by atoms with Crippen molar-refractivity contribution in [3.05, 3.63) is 59.8 Å². The average Bonchev–Trinajstić information content (AvgIpc) is 2.78.